The Labute approximate surface area is 126 Å². The molecule has 0 amide bonds. The van der Waals surface area contributed by atoms with Crippen LogP contribution in [0.25, 0.3) is 0 Å². The fourth-order valence-corrected chi connectivity index (χ4v) is 2.21. The molecule has 0 aliphatic rings. The third-order valence-corrected chi connectivity index (χ3v) is 3.50. The zero-order valence-corrected chi connectivity index (χ0v) is 13.3. The lowest BCUT2D eigenvalue weighted by Gasteiger charge is -2.22. The highest BCUT2D eigenvalue weighted by atomic mass is 16.5. The zero-order valence-electron chi connectivity index (χ0n) is 13.3. The molecule has 5 nitrogen and oxygen atoms in total. The summed E-state index contributed by atoms with van der Waals surface area (Å²) >= 11 is 0. The first-order chi connectivity index (χ1) is 10.1. The number of hydrogen-bond acceptors (Lipinski definition) is 5. The minimum atomic E-state index is 0.804. The Morgan fingerprint density at radius 2 is 1.86 bits per heavy atom. The number of aryl methyl sites for hydroxylation is 1. The fourth-order valence-electron chi connectivity index (χ4n) is 2.21. The maximum absolute atomic E-state index is 5.20. The van der Waals surface area contributed by atoms with Gasteiger partial charge in [-0.2, -0.15) is 0 Å². The van der Waals surface area contributed by atoms with E-state index in [1.54, 1.807) is 7.11 Å². The maximum Gasteiger partial charge on any atom is 0.141 e. The minimum Gasteiger partial charge on any atom is -0.497 e. The number of rotatable bonds is 5. The minimum absolute atomic E-state index is 0.804. The van der Waals surface area contributed by atoms with E-state index in [4.69, 9.17) is 4.74 Å². The molecule has 1 heterocycles. The van der Waals surface area contributed by atoms with Crippen LogP contribution in [0.2, 0.25) is 0 Å². The average molecular weight is 286 g/mol. The summed E-state index contributed by atoms with van der Waals surface area (Å²) in [5.41, 5.74) is 2.09. The molecular formula is C16H22N4O. The Bertz CT molecular complexity index is 610. The molecule has 0 fully saturated rings. The van der Waals surface area contributed by atoms with E-state index in [-0.39, 0.29) is 0 Å². The van der Waals surface area contributed by atoms with Crippen molar-refractivity contribution in [1.29, 1.82) is 0 Å². The molecule has 0 atom stereocenters. The molecule has 0 aliphatic carbocycles. The molecule has 21 heavy (non-hydrogen) atoms. The van der Waals surface area contributed by atoms with Gasteiger partial charge in [-0.25, -0.2) is 9.97 Å². The predicted molar refractivity (Wildman–Crippen MR) is 86.8 cm³/mol. The molecule has 0 spiro atoms. The van der Waals surface area contributed by atoms with E-state index in [1.807, 2.05) is 45.3 Å². The first kappa shape index (κ1) is 15.1. The SMILES string of the molecule is CCc1nc(NC)c(C)c(N(C)c2ccc(OC)cc2)n1. The molecule has 0 saturated carbocycles. The van der Waals surface area contributed by atoms with Crippen LogP contribution < -0.4 is 15.0 Å². The fraction of sp³-hybridized carbons (Fsp3) is 0.375. The maximum atomic E-state index is 5.20. The van der Waals surface area contributed by atoms with Gasteiger partial charge in [0.2, 0.25) is 0 Å². The van der Waals surface area contributed by atoms with Crippen molar-refractivity contribution in [2.45, 2.75) is 20.3 Å². The number of hydrogen-bond donors (Lipinski definition) is 1. The van der Waals surface area contributed by atoms with Crippen LogP contribution in [-0.2, 0) is 6.42 Å². The summed E-state index contributed by atoms with van der Waals surface area (Å²) in [7, 11) is 5.56. The highest BCUT2D eigenvalue weighted by Gasteiger charge is 2.14. The number of aromatic nitrogens is 2. The molecule has 0 aliphatic heterocycles. The second-order valence-electron chi connectivity index (χ2n) is 4.80. The largest absolute Gasteiger partial charge is 0.497 e. The van der Waals surface area contributed by atoms with Crippen LogP contribution in [0, 0.1) is 6.92 Å². The van der Waals surface area contributed by atoms with E-state index < -0.39 is 0 Å². The lowest BCUT2D eigenvalue weighted by Crippen LogP contribution is -2.16. The molecule has 0 radical (unpaired) electrons. The second kappa shape index (κ2) is 6.43. The summed E-state index contributed by atoms with van der Waals surface area (Å²) in [6.45, 7) is 4.09. The van der Waals surface area contributed by atoms with E-state index in [2.05, 4.69) is 27.1 Å². The van der Waals surface area contributed by atoms with Crippen LogP contribution in [0.1, 0.15) is 18.3 Å². The molecule has 5 heteroatoms. The van der Waals surface area contributed by atoms with Gasteiger partial charge in [0.1, 0.15) is 23.2 Å². The number of anilines is 3. The van der Waals surface area contributed by atoms with Crippen molar-refractivity contribution >= 4 is 17.3 Å². The van der Waals surface area contributed by atoms with Gasteiger partial charge in [-0.3, -0.25) is 0 Å². The lowest BCUT2D eigenvalue weighted by atomic mass is 10.2. The first-order valence-electron chi connectivity index (χ1n) is 7.03. The number of ether oxygens (including phenoxy) is 1. The van der Waals surface area contributed by atoms with Crippen LogP contribution in [0.15, 0.2) is 24.3 Å². The normalized spacial score (nSPS) is 10.3. The molecular weight excluding hydrogens is 264 g/mol. The van der Waals surface area contributed by atoms with Crippen LogP contribution in [0.5, 0.6) is 5.75 Å². The third-order valence-electron chi connectivity index (χ3n) is 3.50. The highest BCUT2D eigenvalue weighted by molar-refractivity contribution is 5.67. The van der Waals surface area contributed by atoms with E-state index in [0.717, 1.165) is 40.9 Å². The Morgan fingerprint density at radius 3 is 2.38 bits per heavy atom. The summed E-state index contributed by atoms with van der Waals surface area (Å²) in [4.78, 5) is 11.2. The number of nitrogens with one attached hydrogen (secondary N) is 1. The Hall–Kier alpha value is -2.30. The molecule has 1 aromatic carbocycles. The molecule has 2 rings (SSSR count). The summed E-state index contributed by atoms with van der Waals surface area (Å²) in [6.07, 6.45) is 0.804. The molecule has 0 unspecified atom stereocenters. The quantitative estimate of drug-likeness (QED) is 0.915. The average Bonchev–Trinajstić information content (AvgIpc) is 2.54. The van der Waals surface area contributed by atoms with Gasteiger partial charge in [0.25, 0.3) is 0 Å². The molecule has 1 N–H and O–H groups in total. The Balaban J connectivity index is 2.43. The molecule has 1 aromatic heterocycles. The van der Waals surface area contributed by atoms with Gasteiger partial charge < -0.3 is 15.0 Å². The standard InChI is InChI=1S/C16H22N4O/c1-6-14-18-15(17-3)11(2)16(19-14)20(4)12-7-9-13(21-5)10-8-12/h7-10H,6H2,1-5H3,(H,17,18,19). The Kier molecular flexibility index (Phi) is 4.62. The van der Waals surface area contributed by atoms with Gasteiger partial charge in [0, 0.05) is 31.8 Å². The lowest BCUT2D eigenvalue weighted by molar-refractivity contribution is 0.415. The van der Waals surface area contributed by atoms with Crippen LogP contribution >= 0.6 is 0 Å². The van der Waals surface area contributed by atoms with Gasteiger partial charge in [-0.15, -0.1) is 0 Å². The number of nitrogens with zero attached hydrogens (tertiary/aromatic N) is 3. The van der Waals surface area contributed by atoms with Crippen molar-refractivity contribution in [3.63, 3.8) is 0 Å². The van der Waals surface area contributed by atoms with E-state index in [0.29, 0.717) is 0 Å². The Morgan fingerprint density at radius 1 is 1.19 bits per heavy atom. The summed E-state index contributed by atoms with van der Waals surface area (Å²) < 4.78 is 5.20. The van der Waals surface area contributed by atoms with Crippen molar-refractivity contribution < 1.29 is 4.74 Å². The zero-order chi connectivity index (χ0) is 15.4. The molecule has 2 aromatic rings. The van der Waals surface area contributed by atoms with E-state index in [9.17, 15) is 0 Å². The number of benzene rings is 1. The van der Waals surface area contributed by atoms with Crippen molar-refractivity contribution in [1.82, 2.24) is 9.97 Å². The van der Waals surface area contributed by atoms with Crippen molar-refractivity contribution in [3.8, 4) is 5.75 Å². The second-order valence-corrected chi connectivity index (χ2v) is 4.80. The summed E-state index contributed by atoms with van der Waals surface area (Å²) in [5, 5.41) is 3.14. The monoisotopic (exact) mass is 286 g/mol. The van der Waals surface area contributed by atoms with Crippen LogP contribution in [-0.4, -0.2) is 31.2 Å². The molecule has 0 saturated heterocycles. The van der Waals surface area contributed by atoms with Gasteiger partial charge >= 0.3 is 0 Å². The molecule has 0 bridgehead atoms. The van der Waals surface area contributed by atoms with Crippen molar-refractivity contribution in [2.24, 2.45) is 0 Å². The summed E-state index contributed by atoms with van der Waals surface area (Å²) in [6, 6.07) is 7.93. The van der Waals surface area contributed by atoms with Gasteiger partial charge in [0.15, 0.2) is 0 Å². The smallest absolute Gasteiger partial charge is 0.141 e. The topological polar surface area (TPSA) is 50.3 Å². The summed E-state index contributed by atoms with van der Waals surface area (Å²) in [5.74, 6) is 3.46. The number of methoxy groups -OCH3 is 1. The highest BCUT2D eigenvalue weighted by Crippen LogP contribution is 2.29. The predicted octanol–water partition coefficient (Wildman–Crippen LogP) is 3.17. The van der Waals surface area contributed by atoms with E-state index in [1.165, 1.54) is 0 Å². The van der Waals surface area contributed by atoms with Crippen molar-refractivity contribution in [3.05, 3.63) is 35.7 Å². The molecule has 112 valence electrons. The van der Waals surface area contributed by atoms with E-state index >= 15 is 0 Å². The van der Waals surface area contributed by atoms with Crippen LogP contribution in [0.3, 0.4) is 0 Å². The van der Waals surface area contributed by atoms with Gasteiger partial charge in [0.05, 0.1) is 7.11 Å². The van der Waals surface area contributed by atoms with Gasteiger partial charge in [-0.05, 0) is 31.2 Å². The third kappa shape index (κ3) is 3.07. The van der Waals surface area contributed by atoms with Gasteiger partial charge in [-0.1, -0.05) is 6.92 Å². The van der Waals surface area contributed by atoms with Crippen LogP contribution in [0.4, 0.5) is 17.3 Å². The first-order valence-corrected chi connectivity index (χ1v) is 7.03. The van der Waals surface area contributed by atoms with Crippen molar-refractivity contribution in [2.75, 3.05) is 31.4 Å².